The molecule has 13 heteroatoms. The van der Waals surface area contributed by atoms with Crippen LogP contribution in [0.15, 0.2) is 30.5 Å². The molecular formula is C38H46FN5O6S. The van der Waals surface area contributed by atoms with Gasteiger partial charge in [0.15, 0.2) is 17.7 Å². The number of hydrogen-bond acceptors (Lipinski definition) is 8. The van der Waals surface area contributed by atoms with Gasteiger partial charge >= 0.3 is 5.97 Å². The summed E-state index contributed by atoms with van der Waals surface area (Å²) in [5, 5.41) is 11.0. The Balaban J connectivity index is 1.37. The first kappa shape index (κ1) is 35.3. The number of rotatable bonds is 8. The number of ether oxygens (including phenoxy) is 2. The van der Waals surface area contributed by atoms with E-state index in [4.69, 9.17) is 14.5 Å². The molecule has 0 unspecified atom stereocenters. The highest BCUT2D eigenvalue weighted by Gasteiger charge is 2.40. The first-order chi connectivity index (χ1) is 24.2. The first-order valence-corrected chi connectivity index (χ1v) is 19.2. The van der Waals surface area contributed by atoms with Crippen LogP contribution in [-0.2, 0) is 33.0 Å². The van der Waals surface area contributed by atoms with Gasteiger partial charge in [-0.2, -0.15) is 4.31 Å². The molecule has 11 nitrogen and oxygen atoms in total. The molecule has 4 aromatic rings. The fraction of sp³-hybridized carbons (Fsp3) is 0.500. The zero-order valence-corrected chi connectivity index (χ0v) is 30.9. The summed E-state index contributed by atoms with van der Waals surface area (Å²) in [5.41, 5.74) is 5.10. The Morgan fingerprint density at radius 3 is 2.57 bits per heavy atom. The van der Waals surface area contributed by atoms with E-state index in [1.54, 1.807) is 38.2 Å². The van der Waals surface area contributed by atoms with Crippen LogP contribution in [0, 0.1) is 19.7 Å². The Bertz CT molecular complexity index is 2140. The van der Waals surface area contributed by atoms with Crippen molar-refractivity contribution >= 4 is 32.8 Å². The van der Waals surface area contributed by atoms with Crippen LogP contribution >= 0.6 is 0 Å². The molecule has 5 heterocycles. The number of carboxylic acids is 1. The molecule has 0 bridgehead atoms. The molecule has 1 saturated carbocycles. The van der Waals surface area contributed by atoms with Crippen molar-refractivity contribution in [3.8, 4) is 28.1 Å². The number of aromatic nitrogens is 3. The summed E-state index contributed by atoms with van der Waals surface area (Å²) in [7, 11) is -1.35. The number of halogens is 1. The number of hydrogen-bond donors (Lipinski definition) is 1. The van der Waals surface area contributed by atoms with Crippen LogP contribution in [0.5, 0.6) is 5.75 Å². The maximum Gasteiger partial charge on any atom is 0.337 e. The molecule has 272 valence electrons. The van der Waals surface area contributed by atoms with Crippen molar-refractivity contribution in [3.63, 3.8) is 0 Å². The maximum atomic E-state index is 15.9. The van der Waals surface area contributed by atoms with Crippen molar-refractivity contribution in [1.82, 2.24) is 18.8 Å². The SMILES string of the molecule is Cc1nc2c(cc(-c3ccnc(N4CCCN(S(=O)(=O)C5CC5)CC4)c3)n2C)c(-c2cc(F)c3c(c2C)CCCO3)c1[C@H](OC(C)(C)C)C(=O)O. The Morgan fingerprint density at radius 2 is 1.86 bits per heavy atom. The third-order valence-electron chi connectivity index (χ3n) is 10.2. The molecule has 1 aromatic carbocycles. The largest absolute Gasteiger partial charge is 0.490 e. The Morgan fingerprint density at radius 1 is 1.10 bits per heavy atom. The minimum Gasteiger partial charge on any atom is -0.490 e. The van der Waals surface area contributed by atoms with Crippen LogP contribution in [0.3, 0.4) is 0 Å². The topological polar surface area (TPSA) is 127 Å². The lowest BCUT2D eigenvalue weighted by atomic mass is 9.86. The average Bonchev–Trinajstić information content (AvgIpc) is 3.92. The monoisotopic (exact) mass is 719 g/mol. The predicted molar refractivity (Wildman–Crippen MR) is 194 cm³/mol. The maximum absolute atomic E-state index is 15.9. The van der Waals surface area contributed by atoms with Gasteiger partial charge in [-0.15, -0.1) is 0 Å². The number of pyridine rings is 2. The number of nitrogens with zero attached hydrogens (tertiary/aromatic N) is 5. The number of benzene rings is 1. The Labute approximate surface area is 298 Å². The van der Waals surface area contributed by atoms with Crippen LogP contribution < -0.4 is 9.64 Å². The Kier molecular flexibility index (Phi) is 9.12. The van der Waals surface area contributed by atoms with Crippen LogP contribution in [0.4, 0.5) is 10.2 Å². The molecule has 1 N–H and O–H groups in total. The molecule has 3 aromatic heterocycles. The average molecular weight is 720 g/mol. The minimum atomic E-state index is -3.26. The van der Waals surface area contributed by atoms with Gasteiger partial charge in [-0.3, -0.25) is 0 Å². The second-order valence-corrected chi connectivity index (χ2v) is 17.2. The van der Waals surface area contributed by atoms with Crippen molar-refractivity contribution in [2.75, 3.05) is 37.7 Å². The van der Waals surface area contributed by atoms with E-state index in [0.29, 0.717) is 79.0 Å². The summed E-state index contributed by atoms with van der Waals surface area (Å²) in [6, 6.07) is 7.35. The van der Waals surface area contributed by atoms with Gasteiger partial charge in [0.25, 0.3) is 0 Å². The fourth-order valence-corrected chi connectivity index (χ4v) is 9.43. The van der Waals surface area contributed by atoms with Crippen LogP contribution in [-0.4, -0.2) is 82.0 Å². The quantitative estimate of drug-likeness (QED) is 0.222. The lowest BCUT2D eigenvalue weighted by molar-refractivity contribution is -0.160. The van der Waals surface area contributed by atoms with Crippen molar-refractivity contribution in [2.24, 2.45) is 7.05 Å². The number of aryl methyl sites for hydroxylation is 2. The minimum absolute atomic E-state index is 0.236. The molecule has 1 saturated heterocycles. The molecule has 2 fully saturated rings. The van der Waals surface area contributed by atoms with E-state index in [2.05, 4.69) is 9.88 Å². The van der Waals surface area contributed by atoms with Gasteiger partial charge in [0, 0.05) is 72.8 Å². The zero-order chi connectivity index (χ0) is 36.4. The summed E-state index contributed by atoms with van der Waals surface area (Å²) in [6.07, 6.45) is 3.96. The number of fused-ring (bicyclic) bond motifs is 2. The second kappa shape index (κ2) is 13.2. The molecule has 2 aliphatic heterocycles. The zero-order valence-electron chi connectivity index (χ0n) is 30.1. The van der Waals surface area contributed by atoms with Gasteiger partial charge < -0.3 is 24.0 Å². The standard InChI is InChI=1S/C38H46FN5O6S/c1-22-26-9-7-18-49-34(26)29(39)20-27(22)33-28-21-30(42(6)36(28)41-23(2)32(33)35(37(45)46)50-38(3,4)5)24-12-13-40-31(19-24)43-14-8-15-44(17-16-43)51(47,48)25-10-11-25/h12-13,19-21,25,35H,7-11,14-18H2,1-6H3,(H,45,46)/t35-/m0/s1. The third kappa shape index (κ3) is 6.60. The fourth-order valence-electron chi connectivity index (χ4n) is 7.55. The molecular weight excluding hydrogens is 674 g/mol. The lowest BCUT2D eigenvalue weighted by Crippen LogP contribution is -2.37. The Hall–Kier alpha value is -4.07. The van der Waals surface area contributed by atoms with Gasteiger partial charge in [0.2, 0.25) is 10.0 Å². The highest BCUT2D eigenvalue weighted by Crippen LogP contribution is 2.45. The molecule has 1 aliphatic carbocycles. The van der Waals surface area contributed by atoms with Crippen molar-refractivity contribution in [2.45, 2.75) is 83.7 Å². The van der Waals surface area contributed by atoms with Crippen molar-refractivity contribution < 1.29 is 32.2 Å². The van der Waals surface area contributed by atoms with E-state index in [0.717, 1.165) is 47.5 Å². The number of carboxylic acid groups (broad SMARTS) is 1. The molecule has 51 heavy (non-hydrogen) atoms. The van der Waals surface area contributed by atoms with E-state index < -0.39 is 33.5 Å². The van der Waals surface area contributed by atoms with Gasteiger partial charge in [0.05, 0.1) is 23.2 Å². The molecule has 7 rings (SSSR count). The summed E-state index contributed by atoms with van der Waals surface area (Å²) < 4.78 is 57.3. The number of anilines is 1. The summed E-state index contributed by atoms with van der Waals surface area (Å²) in [4.78, 5) is 24.7. The highest BCUT2D eigenvalue weighted by atomic mass is 32.2. The van der Waals surface area contributed by atoms with Crippen LogP contribution in [0.25, 0.3) is 33.4 Å². The summed E-state index contributed by atoms with van der Waals surface area (Å²) in [5.74, 6) is -0.652. The number of sulfonamides is 1. The molecule has 0 spiro atoms. The highest BCUT2D eigenvalue weighted by molar-refractivity contribution is 7.90. The van der Waals surface area contributed by atoms with E-state index in [9.17, 15) is 18.3 Å². The van der Waals surface area contributed by atoms with Gasteiger partial charge in [0.1, 0.15) is 11.5 Å². The van der Waals surface area contributed by atoms with E-state index in [1.165, 1.54) is 6.07 Å². The van der Waals surface area contributed by atoms with Crippen LogP contribution in [0.2, 0.25) is 0 Å². The van der Waals surface area contributed by atoms with E-state index in [-0.39, 0.29) is 11.0 Å². The second-order valence-electron chi connectivity index (χ2n) is 14.9. The lowest BCUT2D eigenvalue weighted by Gasteiger charge is -2.29. The summed E-state index contributed by atoms with van der Waals surface area (Å²) >= 11 is 0. The van der Waals surface area contributed by atoms with Gasteiger partial charge in [-0.25, -0.2) is 27.6 Å². The molecule has 3 aliphatic rings. The third-order valence-corrected chi connectivity index (χ3v) is 12.6. The normalized spacial score (nSPS) is 18.0. The van der Waals surface area contributed by atoms with Crippen molar-refractivity contribution in [1.29, 1.82) is 0 Å². The number of aliphatic carboxylic acids is 1. The molecule has 0 amide bonds. The predicted octanol–water partition coefficient (Wildman–Crippen LogP) is 6.33. The molecule has 1 atom stereocenters. The smallest absolute Gasteiger partial charge is 0.337 e. The van der Waals surface area contributed by atoms with Crippen molar-refractivity contribution in [3.05, 3.63) is 58.7 Å². The van der Waals surface area contributed by atoms with E-state index >= 15 is 4.39 Å². The first-order valence-electron chi connectivity index (χ1n) is 17.7. The molecule has 0 radical (unpaired) electrons. The number of carbonyl (C=O) groups is 1. The van der Waals surface area contributed by atoms with Gasteiger partial charge in [-0.05, 0) is 102 Å². The summed E-state index contributed by atoms with van der Waals surface area (Å²) in [6.45, 7) is 11.7. The van der Waals surface area contributed by atoms with Gasteiger partial charge in [-0.1, -0.05) is 0 Å². The van der Waals surface area contributed by atoms with Crippen LogP contribution in [0.1, 0.15) is 74.9 Å². The van der Waals surface area contributed by atoms with E-state index in [1.807, 2.05) is 36.7 Å².